The number of carbonyl (C=O) groups is 1. The van der Waals surface area contributed by atoms with Crippen LogP contribution in [-0.4, -0.2) is 17.1 Å². The summed E-state index contributed by atoms with van der Waals surface area (Å²) in [7, 11) is 0. The monoisotopic (exact) mass is 558 g/mol. The van der Waals surface area contributed by atoms with Crippen LogP contribution in [0.4, 0.5) is 0 Å². The number of allylic oxidation sites excluding steroid dienone is 1. The van der Waals surface area contributed by atoms with Gasteiger partial charge in [-0.15, -0.1) is 0 Å². The van der Waals surface area contributed by atoms with Crippen LogP contribution in [0.3, 0.4) is 0 Å². The maximum Gasteiger partial charge on any atom is 0.338 e. The average Bonchev–Trinajstić information content (AvgIpc) is 3.61. The number of hydrogen-bond acceptors (Lipinski definition) is 6. The first kappa shape index (κ1) is 25.2. The van der Waals surface area contributed by atoms with Crippen LogP contribution < -0.4 is 14.9 Å². The molecule has 1 aliphatic carbocycles. The normalized spacial score (nSPS) is 16.0. The lowest BCUT2D eigenvalue weighted by Gasteiger charge is -2.30. The zero-order valence-electron chi connectivity index (χ0n) is 22.4. The minimum Gasteiger partial charge on any atom is -0.462 e. The van der Waals surface area contributed by atoms with Gasteiger partial charge in [-0.3, -0.25) is 9.36 Å². The summed E-state index contributed by atoms with van der Waals surface area (Å²) in [6.07, 6.45) is 3.55. The molecule has 41 heavy (non-hydrogen) atoms. The van der Waals surface area contributed by atoms with Crippen LogP contribution in [-0.2, 0) is 11.2 Å². The van der Waals surface area contributed by atoms with Crippen LogP contribution in [0.2, 0.25) is 0 Å². The highest BCUT2D eigenvalue weighted by molar-refractivity contribution is 7.07. The van der Waals surface area contributed by atoms with Crippen molar-refractivity contribution < 1.29 is 13.9 Å². The van der Waals surface area contributed by atoms with Crippen LogP contribution in [0.15, 0.2) is 111 Å². The first-order valence-electron chi connectivity index (χ1n) is 13.7. The Bertz CT molecular complexity index is 2010. The van der Waals surface area contributed by atoms with Crippen LogP contribution >= 0.6 is 11.3 Å². The molecule has 0 saturated heterocycles. The van der Waals surface area contributed by atoms with Crippen molar-refractivity contribution >= 4 is 29.1 Å². The summed E-state index contributed by atoms with van der Waals surface area (Å²) in [5.74, 6) is 0.780. The molecule has 7 rings (SSSR count). The maximum atomic E-state index is 13.9. The Balaban J connectivity index is 1.33. The molecule has 0 unspecified atom stereocenters. The highest BCUT2D eigenvalue weighted by Crippen LogP contribution is 2.41. The van der Waals surface area contributed by atoms with E-state index in [9.17, 15) is 9.59 Å². The number of aryl methyl sites for hydroxylation is 1. The summed E-state index contributed by atoms with van der Waals surface area (Å²) >= 11 is 1.38. The minimum absolute atomic E-state index is 0.0877. The summed E-state index contributed by atoms with van der Waals surface area (Å²) in [5, 5.41) is 0. The number of carbonyl (C=O) groups excluding carboxylic acids is 1. The third-order valence-electron chi connectivity index (χ3n) is 7.55. The lowest BCUT2D eigenvalue weighted by atomic mass is 9.83. The third-order valence-corrected chi connectivity index (χ3v) is 8.53. The van der Waals surface area contributed by atoms with Crippen molar-refractivity contribution in [1.82, 2.24) is 4.57 Å². The molecule has 6 nitrogen and oxygen atoms in total. The average molecular weight is 559 g/mol. The molecule has 2 aromatic heterocycles. The number of hydrogen-bond donors (Lipinski definition) is 0. The number of thiazole rings is 1. The fourth-order valence-electron chi connectivity index (χ4n) is 5.69. The molecule has 0 N–H and O–H groups in total. The van der Waals surface area contributed by atoms with Gasteiger partial charge < -0.3 is 9.15 Å². The zero-order chi connectivity index (χ0) is 27.9. The predicted molar refractivity (Wildman–Crippen MR) is 159 cm³/mol. The van der Waals surface area contributed by atoms with Crippen LogP contribution in [0.1, 0.15) is 52.2 Å². The van der Waals surface area contributed by atoms with E-state index in [1.807, 2.05) is 47.0 Å². The minimum atomic E-state index is -0.375. The van der Waals surface area contributed by atoms with Gasteiger partial charge in [0.05, 0.1) is 28.4 Å². The van der Waals surface area contributed by atoms with Gasteiger partial charge in [-0.25, -0.2) is 9.79 Å². The predicted octanol–water partition coefficient (Wildman–Crippen LogP) is 5.76. The number of benzene rings is 3. The summed E-state index contributed by atoms with van der Waals surface area (Å²) in [6, 6.07) is 29.2. The standard InChI is InChI=1S/C34H26N2O4S/c1-2-39-33(38)24-13-8-12-23(19-24)28-18-16-25(40-28)20-29-32(37)36-31(22-10-4-3-5-11-22)27-17-15-21-9-6-7-14-26(21)30(27)35-34(36)41-29/h3-14,16,18-20,31H,2,15,17H2,1H3/b29-20-/t31-/m0/s1. The topological polar surface area (TPSA) is 73.8 Å². The van der Waals surface area contributed by atoms with Gasteiger partial charge in [0.2, 0.25) is 0 Å². The number of rotatable bonds is 5. The molecule has 0 saturated carbocycles. The van der Waals surface area contributed by atoms with Crippen molar-refractivity contribution in [2.24, 2.45) is 4.99 Å². The largest absolute Gasteiger partial charge is 0.462 e. The molecular formula is C34H26N2O4S. The molecule has 0 amide bonds. The SMILES string of the molecule is CCOC(=O)c1cccc(-c2ccc(/C=c3\sc4n(c3=O)[C@@H](c3ccccc3)C3=C(N=4)c4ccccc4CC3)o2)c1. The highest BCUT2D eigenvalue weighted by Gasteiger charge is 2.32. The van der Waals surface area contributed by atoms with Gasteiger partial charge in [0, 0.05) is 17.2 Å². The number of ether oxygens (including phenoxy) is 1. The van der Waals surface area contributed by atoms with Gasteiger partial charge in [-0.05, 0) is 60.7 Å². The second-order valence-electron chi connectivity index (χ2n) is 10.0. The molecule has 1 atom stereocenters. The van der Waals surface area contributed by atoms with Gasteiger partial charge in [0.15, 0.2) is 4.80 Å². The Morgan fingerprint density at radius 1 is 1.02 bits per heavy atom. The second kappa shape index (κ2) is 10.3. The first-order chi connectivity index (χ1) is 20.1. The lowest BCUT2D eigenvalue weighted by Crippen LogP contribution is -2.38. The first-order valence-corrected chi connectivity index (χ1v) is 14.5. The second-order valence-corrected chi connectivity index (χ2v) is 11.0. The van der Waals surface area contributed by atoms with E-state index in [1.54, 1.807) is 31.2 Å². The molecule has 3 aromatic carbocycles. The number of furan rings is 1. The fraction of sp³-hybridized carbons (Fsp3) is 0.147. The summed E-state index contributed by atoms with van der Waals surface area (Å²) in [5.41, 5.74) is 6.79. The molecule has 5 aromatic rings. The van der Waals surface area contributed by atoms with Crippen molar-refractivity contribution in [2.45, 2.75) is 25.8 Å². The summed E-state index contributed by atoms with van der Waals surface area (Å²) < 4.78 is 13.6. The quantitative estimate of drug-likeness (QED) is 0.257. The molecule has 7 heteroatoms. The Hall–Kier alpha value is -4.75. The lowest BCUT2D eigenvalue weighted by molar-refractivity contribution is 0.0526. The number of esters is 1. The van der Waals surface area contributed by atoms with Crippen molar-refractivity contribution in [1.29, 1.82) is 0 Å². The van der Waals surface area contributed by atoms with Gasteiger partial charge >= 0.3 is 5.97 Å². The van der Waals surface area contributed by atoms with Gasteiger partial charge in [0.25, 0.3) is 5.56 Å². The Morgan fingerprint density at radius 3 is 2.71 bits per heavy atom. The van der Waals surface area contributed by atoms with Crippen molar-refractivity contribution in [3.8, 4) is 11.3 Å². The van der Waals surface area contributed by atoms with E-state index in [4.69, 9.17) is 14.1 Å². The molecule has 0 radical (unpaired) electrons. The Kier molecular flexibility index (Phi) is 6.36. The van der Waals surface area contributed by atoms with E-state index in [2.05, 4.69) is 30.3 Å². The fourth-order valence-corrected chi connectivity index (χ4v) is 6.67. The smallest absolute Gasteiger partial charge is 0.338 e. The Morgan fingerprint density at radius 2 is 1.85 bits per heavy atom. The molecule has 2 aliphatic rings. The highest BCUT2D eigenvalue weighted by atomic mass is 32.1. The zero-order valence-corrected chi connectivity index (χ0v) is 23.2. The molecule has 0 bridgehead atoms. The molecule has 1 aliphatic heterocycles. The summed E-state index contributed by atoms with van der Waals surface area (Å²) in [4.78, 5) is 31.9. The van der Waals surface area contributed by atoms with Gasteiger partial charge in [-0.2, -0.15) is 0 Å². The van der Waals surface area contributed by atoms with E-state index >= 15 is 0 Å². The number of nitrogens with zero attached hydrogens (tertiary/aromatic N) is 2. The Labute approximate surface area is 240 Å². The van der Waals surface area contributed by atoms with E-state index in [-0.39, 0.29) is 17.6 Å². The van der Waals surface area contributed by atoms with Crippen LogP contribution in [0.25, 0.3) is 23.1 Å². The number of fused-ring (bicyclic) bond motifs is 3. The van der Waals surface area contributed by atoms with E-state index in [1.165, 1.54) is 22.5 Å². The van der Waals surface area contributed by atoms with E-state index in [0.717, 1.165) is 35.2 Å². The third kappa shape index (κ3) is 4.48. The van der Waals surface area contributed by atoms with Crippen molar-refractivity contribution in [3.63, 3.8) is 0 Å². The molecule has 0 spiro atoms. The van der Waals surface area contributed by atoms with Crippen LogP contribution in [0, 0.1) is 0 Å². The van der Waals surface area contributed by atoms with E-state index in [0.29, 0.717) is 33.0 Å². The van der Waals surface area contributed by atoms with Crippen LogP contribution in [0.5, 0.6) is 0 Å². The van der Waals surface area contributed by atoms with Crippen molar-refractivity contribution in [2.75, 3.05) is 6.61 Å². The molecule has 0 fully saturated rings. The van der Waals surface area contributed by atoms with Gasteiger partial charge in [-0.1, -0.05) is 78.1 Å². The molecule has 3 heterocycles. The summed E-state index contributed by atoms with van der Waals surface area (Å²) in [6.45, 7) is 2.09. The van der Waals surface area contributed by atoms with Gasteiger partial charge in [0.1, 0.15) is 11.5 Å². The number of aromatic nitrogens is 1. The molecule has 202 valence electrons. The molecular weight excluding hydrogens is 532 g/mol. The van der Waals surface area contributed by atoms with E-state index < -0.39 is 0 Å². The maximum absolute atomic E-state index is 13.9. The van der Waals surface area contributed by atoms with Crippen molar-refractivity contribution in [3.05, 3.63) is 144 Å².